The van der Waals surface area contributed by atoms with E-state index in [4.69, 9.17) is 16.3 Å². The highest BCUT2D eigenvalue weighted by Gasteiger charge is 2.23. The lowest BCUT2D eigenvalue weighted by Crippen LogP contribution is -2.37. The van der Waals surface area contributed by atoms with Gasteiger partial charge < -0.3 is 25.8 Å². The molecule has 10 nitrogen and oxygen atoms in total. The molecule has 0 aliphatic heterocycles. The van der Waals surface area contributed by atoms with Gasteiger partial charge in [0.1, 0.15) is 10.8 Å². The fraction of sp³-hybridized carbons (Fsp3) is 0.241. The monoisotopic (exact) mass is 596 g/mol. The Bertz CT molecular complexity index is 1570. The maximum Gasteiger partial charge on any atom is 0.229 e. The Morgan fingerprint density at radius 2 is 1.71 bits per heavy atom. The number of aromatic nitrogens is 2. The molecule has 0 aliphatic rings. The summed E-state index contributed by atoms with van der Waals surface area (Å²) >= 11 is 6.37. The van der Waals surface area contributed by atoms with Crippen molar-refractivity contribution in [2.75, 3.05) is 29.6 Å². The van der Waals surface area contributed by atoms with Gasteiger partial charge in [0.25, 0.3) is 0 Å². The number of nitrogens with zero attached hydrogens (tertiary/aromatic N) is 2. The van der Waals surface area contributed by atoms with Crippen LogP contribution >= 0.6 is 11.6 Å². The van der Waals surface area contributed by atoms with E-state index in [2.05, 4.69) is 31.2 Å². The summed E-state index contributed by atoms with van der Waals surface area (Å²) in [7, 11) is -1.98. The van der Waals surface area contributed by atoms with Crippen molar-refractivity contribution < 1.29 is 18.3 Å². The zero-order chi connectivity index (χ0) is 29.4. The Morgan fingerprint density at radius 3 is 2.44 bits per heavy atom. The molecule has 0 radical (unpaired) electrons. The summed E-state index contributed by atoms with van der Waals surface area (Å²) in [5.41, 5.74) is 2.78. The van der Waals surface area contributed by atoms with E-state index in [0.29, 0.717) is 30.1 Å². The average molecular weight is 597 g/mol. The molecule has 0 amide bonds. The van der Waals surface area contributed by atoms with Gasteiger partial charge in [0.2, 0.25) is 5.95 Å². The molecule has 1 atom stereocenters. The van der Waals surface area contributed by atoms with E-state index < -0.39 is 21.4 Å². The number of ether oxygens (including phenoxy) is 1. The molecule has 4 aromatic rings. The molecule has 0 spiro atoms. The SMILES string of the molecule is COc1ccc(CCNC(O)Nc2ccccc2)cc1Nc1ncc(Cl)c(Nc2ccccc2S(=O)(=O)C(C)C)n1. The fourth-order valence-corrected chi connectivity index (χ4v) is 5.28. The number of halogens is 1. The number of benzene rings is 3. The molecule has 1 aromatic heterocycles. The second kappa shape index (κ2) is 13.6. The Kier molecular flexibility index (Phi) is 10.0. The normalized spacial score (nSPS) is 12.1. The van der Waals surface area contributed by atoms with Crippen LogP contribution in [0.5, 0.6) is 5.75 Å². The third-order valence-corrected chi connectivity index (χ3v) is 8.64. The molecule has 12 heteroatoms. The van der Waals surface area contributed by atoms with Crippen molar-refractivity contribution >= 4 is 50.3 Å². The van der Waals surface area contributed by atoms with Gasteiger partial charge in [0.05, 0.1) is 34.8 Å². The number of aliphatic hydroxyl groups excluding tert-OH is 1. The highest BCUT2D eigenvalue weighted by molar-refractivity contribution is 7.92. The summed E-state index contributed by atoms with van der Waals surface area (Å²) in [4.78, 5) is 8.93. The minimum Gasteiger partial charge on any atom is -0.495 e. The van der Waals surface area contributed by atoms with Gasteiger partial charge >= 0.3 is 0 Å². The maximum absolute atomic E-state index is 12.9. The predicted molar refractivity (Wildman–Crippen MR) is 163 cm³/mol. The van der Waals surface area contributed by atoms with Crippen LogP contribution in [0.15, 0.2) is 83.9 Å². The van der Waals surface area contributed by atoms with Crippen molar-refractivity contribution in [1.29, 1.82) is 0 Å². The van der Waals surface area contributed by atoms with E-state index in [1.54, 1.807) is 45.2 Å². The Labute approximate surface area is 245 Å². The first-order valence-corrected chi connectivity index (χ1v) is 14.9. The van der Waals surface area contributed by atoms with Crippen LogP contribution in [0.1, 0.15) is 19.4 Å². The summed E-state index contributed by atoms with van der Waals surface area (Å²) in [6, 6.07) is 21.7. The lowest BCUT2D eigenvalue weighted by Gasteiger charge is -2.17. The molecule has 0 saturated heterocycles. The van der Waals surface area contributed by atoms with Gasteiger partial charge in [-0.05, 0) is 62.2 Å². The lowest BCUT2D eigenvalue weighted by atomic mass is 10.1. The molecule has 41 heavy (non-hydrogen) atoms. The maximum atomic E-state index is 12.9. The number of para-hydroxylation sites is 2. The van der Waals surface area contributed by atoms with Gasteiger partial charge in [-0.2, -0.15) is 4.98 Å². The van der Waals surface area contributed by atoms with Crippen LogP contribution in [0.4, 0.5) is 28.8 Å². The van der Waals surface area contributed by atoms with E-state index in [0.717, 1.165) is 11.3 Å². The summed E-state index contributed by atoms with van der Waals surface area (Å²) in [6.07, 6.45) is 1.16. The number of sulfone groups is 1. The smallest absolute Gasteiger partial charge is 0.229 e. The van der Waals surface area contributed by atoms with Crippen LogP contribution in [0.25, 0.3) is 0 Å². The van der Waals surface area contributed by atoms with Gasteiger partial charge in [-0.3, -0.25) is 5.32 Å². The molecule has 0 aliphatic carbocycles. The van der Waals surface area contributed by atoms with Crippen molar-refractivity contribution in [3.63, 3.8) is 0 Å². The minimum atomic E-state index is -3.55. The number of aliphatic hydroxyl groups is 1. The second-order valence-corrected chi connectivity index (χ2v) is 12.3. The fourth-order valence-electron chi connectivity index (χ4n) is 3.94. The summed E-state index contributed by atoms with van der Waals surface area (Å²) in [6.45, 7) is 3.78. The van der Waals surface area contributed by atoms with Gasteiger partial charge in [-0.25, -0.2) is 13.4 Å². The highest BCUT2D eigenvalue weighted by atomic mass is 35.5. The zero-order valence-electron chi connectivity index (χ0n) is 22.9. The first kappa shape index (κ1) is 30.1. The quantitative estimate of drug-likeness (QED) is 0.129. The van der Waals surface area contributed by atoms with Crippen LogP contribution in [0.2, 0.25) is 5.02 Å². The number of rotatable bonds is 13. The summed E-state index contributed by atoms with van der Waals surface area (Å²) < 4.78 is 31.3. The average Bonchev–Trinajstić information content (AvgIpc) is 2.95. The first-order valence-electron chi connectivity index (χ1n) is 13.0. The van der Waals surface area contributed by atoms with Crippen molar-refractivity contribution in [3.8, 4) is 5.75 Å². The van der Waals surface area contributed by atoms with Gasteiger partial charge in [0, 0.05) is 12.2 Å². The van der Waals surface area contributed by atoms with Crippen molar-refractivity contribution in [3.05, 3.63) is 89.6 Å². The van der Waals surface area contributed by atoms with Crippen molar-refractivity contribution in [2.45, 2.75) is 36.8 Å². The number of methoxy groups -OCH3 is 1. The Hall–Kier alpha value is -3.90. The van der Waals surface area contributed by atoms with Crippen LogP contribution in [-0.2, 0) is 16.3 Å². The van der Waals surface area contributed by atoms with Gasteiger partial charge in [-0.15, -0.1) is 0 Å². The number of hydrogen-bond acceptors (Lipinski definition) is 10. The largest absolute Gasteiger partial charge is 0.495 e. The Morgan fingerprint density at radius 1 is 0.976 bits per heavy atom. The topological polar surface area (TPSA) is 138 Å². The number of anilines is 5. The van der Waals surface area contributed by atoms with Crippen molar-refractivity contribution in [1.82, 2.24) is 15.3 Å². The van der Waals surface area contributed by atoms with Crippen LogP contribution in [0.3, 0.4) is 0 Å². The Balaban J connectivity index is 1.47. The molecule has 1 unspecified atom stereocenters. The predicted octanol–water partition coefficient (Wildman–Crippen LogP) is 5.33. The van der Waals surface area contributed by atoms with Gasteiger partial charge in [0.15, 0.2) is 22.0 Å². The highest BCUT2D eigenvalue weighted by Crippen LogP contribution is 2.32. The molecule has 1 heterocycles. The molecular weight excluding hydrogens is 564 g/mol. The number of nitrogens with one attached hydrogen (secondary N) is 4. The van der Waals surface area contributed by atoms with E-state index in [1.807, 2.05) is 48.5 Å². The molecule has 5 N–H and O–H groups in total. The van der Waals surface area contributed by atoms with E-state index in [1.165, 1.54) is 6.20 Å². The third-order valence-electron chi connectivity index (χ3n) is 6.15. The third kappa shape index (κ3) is 7.86. The second-order valence-electron chi connectivity index (χ2n) is 9.38. The van der Waals surface area contributed by atoms with E-state index >= 15 is 0 Å². The minimum absolute atomic E-state index is 0.159. The van der Waals surface area contributed by atoms with Crippen LogP contribution in [-0.4, -0.2) is 48.7 Å². The van der Waals surface area contributed by atoms with E-state index in [9.17, 15) is 13.5 Å². The van der Waals surface area contributed by atoms with Gasteiger partial charge in [-0.1, -0.05) is 48.0 Å². The van der Waals surface area contributed by atoms with Crippen LogP contribution in [0, 0.1) is 0 Å². The molecule has 216 valence electrons. The number of hydrogen-bond donors (Lipinski definition) is 5. The van der Waals surface area contributed by atoms with E-state index in [-0.39, 0.29) is 21.7 Å². The molecule has 0 saturated carbocycles. The summed E-state index contributed by atoms with van der Waals surface area (Å²) in [5, 5.41) is 22.1. The van der Waals surface area contributed by atoms with Crippen LogP contribution < -0.4 is 26.0 Å². The summed E-state index contributed by atoms with van der Waals surface area (Å²) in [5.74, 6) is 1.06. The first-order chi connectivity index (χ1) is 19.7. The zero-order valence-corrected chi connectivity index (χ0v) is 24.5. The molecule has 4 rings (SSSR count). The lowest BCUT2D eigenvalue weighted by molar-refractivity contribution is 0.166. The molecule has 0 fully saturated rings. The standard InChI is InChI=1S/C29H33ClN6O4S/c1-19(2)41(38,39)26-12-8-7-11-23(26)34-27-22(30)18-32-28(36-27)35-24-17-20(13-14-25(24)40-3)15-16-31-29(37)33-21-9-5-4-6-10-21/h4-14,17-19,29,31,33,37H,15-16H2,1-3H3,(H2,32,34,35,36). The molecule has 0 bridgehead atoms. The molecule has 3 aromatic carbocycles. The molecular formula is C29H33ClN6O4S. The van der Waals surface area contributed by atoms with Crippen molar-refractivity contribution in [2.24, 2.45) is 0 Å².